The fourth-order valence-electron chi connectivity index (χ4n) is 3.76. The number of hydrogen-bond donors (Lipinski definition) is 1. The predicted molar refractivity (Wildman–Crippen MR) is 80.8 cm³/mol. The van der Waals surface area contributed by atoms with Crippen molar-refractivity contribution in [3.8, 4) is 0 Å². The van der Waals surface area contributed by atoms with Gasteiger partial charge in [0.05, 0.1) is 5.60 Å². The van der Waals surface area contributed by atoms with Gasteiger partial charge in [0.2, 0.25) is 0 Å². The topological polar surface area (TPSA) is 21.3 Å². The number of thiophene rings is 1. The van der Waals surface area contributed by atoms with Crippen molar-refractivity contribution >= 4 is 11.3 Å². The Morgan fingerprint density at radius 3 is 3.00 bits per heavy atom. The van der Waals surface area contributed by atoms with Crippen LogP contribution < -0.4 is 5.32 Å². The Hall–Kier alpha value is -0.380. The van der Waals surface area contributed by atoms with E-state index in [-0.39, 0.29) is 5.60 Å². The Morgan fingerprint density at radius 1 is 1.53 bits per heavy atom. The number of ether oxygens (including phenoxy) is 1. The zero-order valence-corrected chi connectivity index (χ0v) is 12.9. The fraction of sp³-hybridized carbons (Fsp3) is 0.750. The van der Waals surface area contributed by atoms with Crippen molar-refractivity contribution in [1.82, 2.24) is 5.32 Å². The smallest absolute Gasteiger partial charge is 0.0686 e. The number of nitrogens with one attached hydrogen (secondary N) is 1. The van der Waals surface area contributed by atoms with Crippen LogP contribution >= 0.6 is 11.3 Å². The SMILES string of the molecule is CCc1ccsc1C(NC)C1CCOC2(CCC2)C1. The Balaban J connectivity index is 1.78. The molecule has 1 saturated carbocycles. The van der Waals surface area contributed by atoms with Gasteiger partial charge in [-0.05, 0) is 68.5 Å². The van der Waals surface area contributed by atoms with Gasteiger partial charge in [0.15, 0.2) is 0 Å². The first-order valence-electron chi connectivity index (χ1n) is 7.65. The van der Waals surface area contributed by atoms with Crippen LogP contribution in [0.3, 0.4) is 0 Å². The number of hydrogen-bond acceptors (Lipinski definition) is 3. The van der Waals surface area contributed by atoms with Crippen molar-refractivity contribution in [1.29, 1.82) is 0 Å². The van der Waals surface area contributed by atoms with Gasteiger partial charge in [0.1, 0.15) is 0 Å². The van der Waals surface area contributed by atoms with Gasteiger partial charge in [-0.15, -0.1) is 11.3 Å². The molecule has 2 atom stereocenters. The minimum absolute atomic E-state index is 0.252. The summed E-state index contributed by atoms with van der Waals surface area (Å²) in [7, 11) is 2.12. The second kappa shape index (κ2) is 5.55. The van der Waals surface area contributed by atoms with Crippen molar-refractivity contribution in [3.63, 3.8) is 0 Å². The van der Waals surface area contributed by atoms with Crippen LogP contribution in [-0.4, -0.2) is 19.3 Å². The third-order valence-electron chi connectivity index (χ3n) is 5.02. The molecule has 1 spiro atoms. The number of rotatable bonds is 4. The molecule has 1 aliphatic heterocycles. The van der Waals surface area contributed by atoms with Gasteiger partial charge in [-0.25, -0.2) is 0 Å². The molecule has 19 heavy (non-hydrogen) atoms. The van der Waals surface area contributed by atoms with E-state index in [0.29, 0.717) is 6.04 Å². The van der Waals surface area contributed by atoms with Crippen molar-refractivity contribution in [2.24, 2.45) is 5.92 Å². The summed E-state index contributed by atoms with van der Waals surface area (Å²) < 4.78 is 6.08. The lowest BCUT2D eigenvalue weighted by atomic mass is 9.70. The highest BCUT2D eigenvalue weighted by atomic mass is 32.1. The molecule has 3 heteroatoms. The molecule has 1 aromatic rings. The van der Waals surface area contributed by atoms with Gasteiger partial charge in [0, 0.05) is 17.5 Å². The molecule has 0 amide bonds. The van der Waals surface area contributed by atoms with Crippen LogP contribution in [0, 0.1) is 5.92 Å². The highest BCUT2D eigenvalue weighted by Crippen LogP contribution is 2.47. The molecule has 2 fully saturated rings. The highest BCUT2D eigenvalue weighted by Gasteiger charge is 2.44. The van der Waals surface area contributed by atoms with Crippen molar-refractivity contribution in [2.45, 2.75) is 57.1 Å². The van der Waals surface area contributed by atoms with E-state index in [2.05, 4.69) is 30.7 Å². The zero-order valence-electron chi connectivity index (χ0n) is 12.1. The van der Waals surface area contributed by atoms with E-state index in [0.717, 1.165) is 18.9 Å². The zero-order chi connectivity index (χ0) is 13.3. The maximum atomic E-state index is 6.08. The normalized spacial score (nSPS) is 27.2. The average molecular weight is 279 g/mol. The summed E-state index contributed by atoms with van der Waals surface area (Å²) in [4.78, 5) is 1.56. The van der Waals surface area contributed by atoms with Gasteiger partial charge in [-0.2, -0.15) is 0 Å². The largest absolute Gasteiger partial charge is 0.375 e. The Morgan fingerprint density at radius 2 is 2.37 bits per heavy atom. The summed E-state index contributed by atoms with van der Waals surface area (Å²) in [6.45, 7) is 3.21. The third kappa shape index (κ3) is 2.48. The standard InChI is InChI=1S/C16H25NOS/c1-3-12-6-10-19-15(12)14(17-2)13-5-9-18-16(11-13)7-4-8-16/h6,10,13-14,17H,3-5,7-9,11H2,1-2H3. The molecular weight excluding hydrogens is 254 g/mol. The van der Waals surface area contributed by atoms with Crippen molar-refractivity contribution in [2.75, 3.05) is 13.7 Å². The first-order chi connectivity index (χ1) is 9.28. The van der Waals surface area contributed by atoms with Crippen LogP contribution in [0.4, 0.5) is 0 Å². The quantitative estimate of drug-likeness (QED) is 0.902. The first kappa shape index (κ1) is 13.6. The van der Waals surface area contributed by atoms with Crippen molar-refractivity contribution < 1.29 is 4.74 Å². The molecule has 0 bridgehead atoms. The van der Waals surface area contributed by atoms with E-state index in [1.54, 1.807) is 4.88 Å². The molecule has 2 heterocycles. The van der Waals surface area contributed by atoms with E-state index in [4.69, 9.17) is 4.74 Å². The highest BCUT2D eigenvalue weighted by molar-refractivity contribution is 7.10. The summed E-state index contributed by atoms with van der Waals surface area (Å²) in [5.41, 5.74) is 1.78. The lowest BCUT2D eigenvalue weighted by Crippen LogP contribution is -2.47. The van der Waals surface area contributed by atoms with Crippen LogP contribution in [0.5, 0.6) is 0 Å². The predicted octanol–water partition coefficient (Wildman–Crippen LogP) is 3.92. The second-order valence-electron chi connectivity index (χ2n) is 6.07. The first-order valence-corrected chi connectivity index (χ1v) is 8.53. The van der Waals surface area contributed by atoms with E-state index in [9.17, 15) is 0 Å². The molecule has 1 aliphatic carbocycles. The van der Waals surface area contributed by atoms with E-state index < -0.39 is 0 Å². The van der Waals surface area contributed by atoms with Crippen LogP contribution in [0.1, 0.15) is 55.5 Å². The van der Waals surface area contributed by atoms with Crippen LogP contribution in [0.2, 0.25) is 0 Å². The monoisotopic (exact) mass is 279 g/mol. The lowest BCUT2D eigenvalue weighted by Gasteiger charge is -2.48. The molecule has 2 aliphatic rings. The summed E-state index contributed by atoms with van der Waals surface area (Å²) in [6.07, 6.45) is 7.52. The van der Waals surface area contributed by atoms with Gasteiger partial charge in [0.25, 0.3) is 0 Å². The Labute approximate surface area is 120 Å². The third-order valence-corrected chi connectivity index (χ3v) is 6.06. The molecule has 1 N–H and O–H groups in total. The number of aryl methyl sites for hydroxylation is 1. The summed E-state index contributed by atoms with van der Waals surface area (Å²) >= 11 is 1.92. The Bertz CT molecular complexity index is 424. The maximum absolute atomic E-state index is 6.08. The molecule has 2 unspecified atom stereocenters. The molecule has 0 aromatic carbocycles. The van der Waals surface area contributed by atoms with E-state index in [1.165, 1.54) is 37.7 Å². The van der Waals surface area contributed by atoms with Gasteiger partial charge in [-0.3, -0.25) is 0 Å². The average Bonchev–Trinajstić information content (AvgIpc) is 2.86. The maximum Gasteiger partial charge on any atom is 0.0686 e. The summed E-state index contributed by atoms with van der Waals surface area (Å²) in [6, 6.07) is 2.82. The van der Waals surface area contributed by atoms with Gasteiger partial charge in [-0.1, -0.05) is 6.92 Å². The fourth-order valence-corrected chi connectivity index (χ4v) is 4.96. The summed E-state index contributed by atoms with van der Waals surface area (Å²) in [5.74, 6) is 0.739. The van der Waals surface area contributed by atoms with E-state index in [1.807, 2.05) is 11.3 Å². The molecule has 1 saturated heterocycles. The minimum atomic E-state index is 0.252. The molecule has 1 aromatic heterocycles. The van der Waals surface area contributed by atoms with Crippen LogP contribution in [0.25, 0.3) is 0 Å². The molecule has 0 radical (unpaired) electrons. The molecule has 106 valence electrons. The van der Waals surface area contributed by atoms with Crippen LogP contribution in [-0.2, 0) is 11.2 Å². The minimum Gasteiger partial charge on any atom is -0.375 e. The van der Waals surface area contributed by atoms with Crippen LogP contribution in [0.15, 0.2) is 11.4 Å². The molecule has 3 rings (SSSR count). The van der Waals surface area contributed by atoms with Gasteiger partial charge >= 0.3 is 0 Å². The van der Waals surface area contributed by atoms with Gasteiger partial charge < -0.3 is 10.1 Å². The van der Waals surface area contributed by atoms with E-state index >= 15 is 0 Å². The Kier molecular flexibility index (Phi) is 3.97. The molecular formula is C16H25NOS. The lowest BCUT2D eigenvalue weighted by molar-refractivity contribution is -0.147. The summed E-state index contributed by atoms with van der Waals surface area (Å²) in [5, 5.41) is 5.84. The molecule has 2 nitrogen and oxygen atoms in total. The van der Waals surface area contributed by atoms with Crippen molar-refractivity contribution in [3.05, 3.63) is 21.9 Å². The second-order valence-corrected chi connectivity index (χ2v) is 7.02.